The number of aromatic nitrogens is 3. The summed E-state index contributed by atoms with van der Waals surface area (Å²) in [5.41, 5.74) is 1.12. The molecular weight excluding hydrogens is 302 g/mol. The van der Waals surface area contributed by atoms with Gasteiger partial charge in [-0.05, 0) is 38.5 Å². The van der Waals surface area contributed by atoms with E-state index >= 15 is 0 Å². The van der Waals surface area contributed by atoms with Crippen LogP contribution in [-0.4, -0.2) is 32.8 Å². The Bertz CT molecular complexity index is 625. The van der Waals surface area contributed by atoms with Gasteiger partial charge in [-0.2, -0.15) is 5.10 Å². The molecule has 2 heterocycles. The fourth-order valence-corrected chi connectivity index (χ4v) is 2.20. The number of pyridine rings is 1. The lowest BCUT2D eigenvalue weighted by Crippen LogP contribution is -2.44. The summed E-state index contributed by atoms with van der Waals surface area (Å²) in [7, 11) is 0. The first-order valence-corrected chi connectivity index (χ1v) is 7.49. The molecule has 0 saturated carbocycles. The predicted octanol–water partition coefficient (Wildman–Crippen LogP) is 2.25. The maximum atomic E-state index is 12.1. The average Bonchev–Trinajstić information content (AvgIpc) is 2.86. The fourth-order valence-electron chi connectivity index (χ4n) is 2.09. The number of anilines is 1. The average molecular weight is 322 g/mol. The SMILES string of the molecule is Cc1cnn(C[C@@H](C)N[C@@H](C)C(=O)Nc2ccc(Cl)cn2)c1. The van der Waals surface area contributed by atoms with E-state index in [1.165, 1.54) is 6.20 Å². The third-order valence-electron chi connectivity index (χ3n) is 3.13. The summed E-state index contributed by atoms with van der Waals surface area (Å²) in [6.45, 7) is 6.53. The van der Waals surface area contributed by atoms with Crippen molar-refractivity contribution in [3.8, 4) is 0 Å². The van der Waals surface area contributed by atoms with Crippen LogP contribution in [0.5, 0.6) is 0 Å². The van der Waals surface area contributed by atoms with Gasteiger partial charge in [0.05, 0.1) is 23.8 Å². The number of carbonyl (C=O) groups excluding carboxylic acids is 1. The van der Waals surface area contributed by atoms with Crippen LogP contribution in [0, 0.1) is 6.92 Å². The first-order chi connectivity index (χ1) is 10.4. The molecule has 0 saturated heterocycles. The monoisotopic (exact) mass is 321 g/mol. The zero-order chi connectivity index (χ0) is 16.1. The highest BCUT2D eigenvalue weighted by atomic mass is 35.5. The van der Waals surface area contributed by atoms with E-state index in [0.29, 0.717) is 17.4 Å². The van der Waals surface area contributed by atoms with E-state index in [-0.39, 0.29) is 18.0 Å². The van der Waals surface area contributed by atoms with Crippen LogP contribution >= 0.6 is 11.6 Å². The molecule has 0 aliphatic carbocycles. The number of amides is 1. The highest BCUT2D eigenvalue weighted by Gasteiger charge is 2.16. The lowest BCUT2D eigenvalue weighted by molar-refractivity contribution is -0.118. The number of nitrogens with one attached hydrogen (secondary N) is 2. The molecular formula is C15H20ClN5O. The zero-order valence-electron chi connectivity index (χ0n) is 12.9. The summed E-state index contributed by atoms with van der Waals surface area (Å²) in [6, 6.07) is 3.12. The third kappa shape index (κ3) is 4.82. The van der Waals surface area contributed by atoms with E-state index in [0.717, 1.165) is 5.56 Å². The Morgan fingerprint density at radius 1 is 1.36 bits per heavy atom. The Kier molecular flexibility index (Phi) is 5.51. The summed E-state index contributed by atoms with van der Waals surface area (Å²) in [5.74, 6) is 0.344. The number of aryl methyl sites for hydroxylation is 1. The molecule has 6 nitrogen and oxygen atoms in total. The van der Waals surface area contributed by atoms with Gasteiger partial charge in [-0.1, -0.05) is 11.6 Å². The second kappa shape index (κ2) is 7.38. The molecule has 0 aromatic carbocycles. The van der Waals surface area contributed by atoms with Crippen LogP contribution in [0.15, 0.2) is 30.7 Å². The van der Waals surface area contributed by atoms with Crippen molar-refractivity contribution in [3.05, 3.63) is 41.3 Å². The van der Waals surface area contributed by atoms with Gasteiger partial charge in [-0.3, -0.25) is 9.48 Å². The largest absolute Gasteiger partial charge is 0.309 e. The Labute approximate surface area is 134 Å². The highest BCUT2D eigenvalue weighted by molar-refractivity contribution is 6.30. The number of hydrogen-bond acceptors (Lipinski definition) is 4. The molecule has 2 aromatic rings. The number of nitrogens with zero attached hydrogens (tertiary/aromatic N) is 3. The van der Waals surface area contributed by atoms with Crippen LogP contribution in [0.3, 0.4) is 0 Å². The molecule has 0 bridgehead atoms. The number of carbonyl (C=O) groups is 1. The third-order valence-corrected chi connectivity index (χ3v) is 3.35. The Morgan fingerprint density at radius 3 is 2.73 bits per heavy atom. The van der Waals surface area contributed by atoms with Crippen molar-refractivity contribution < 1.29 is 4.79 Å². The van der Waals surface area contributed by atoms with E-state index in [4.69, 9.17) is 11.6 Å². The van der Waals surface area contributed by atoms with E-state index in [1.807, 2.05) is 37.8 Å². The van der Waals surface area contributed by atoms with E-state index in [1.54, 1.807) is 12.1 Å². The van der Waals surface area contributed by atoms with Crippen LogP contribution in [0.25, 0.3) is 0 Å². The maximum absolute atomic E-state index is 12.1. The van der Waals surface area contributed by atoms with Crippen LogP contribution in [0.4, 0.5) is 5.82 Å². The molecule has 2 aromatic heterocycles. The van der Waals surface area contributed by atoms with Gasteiger partial charge in [-0.15, -0.1) is 0 Å². The van der Waals surface area contributed by atoms with Crippen molar-refractivity contribution in [2.75, 3.05) is 5.32 Å². The Balaban J connectivity index is 1.83. The van der Waals surface area contributed by atoms with Gasteiger partial charge >= 0.3 is 0 Å². The molecule has 0 aliphatic heterocycles. The summed E-state index contributed by atoms with van der Waals surface area (Å²) in [5, 5.41) is 10.8. The molecule has 0 radical (unpaired) electrons. The molecule has 0 unspecified atom stereocenters. The van der Waals surface area contributed by atoms with Crippen molar-refractivity contribution in [1.82, 2.24) is 20.1 Å². The van der Waals surface area contributed by atoms with Crippen molar-refractivity contribution in [3.63, 3.8) is 0 Å². The quantitative estimate of drug-likeness (QED) is 0.856. The number of rotatable bonds is 6. The first kappa shape index (κ1) is 16.5. The molecule has 0 aliphatic rings. The number of hydrogen-bond donors (Lipinski definition) is 2. The van der Waals surface area contributed by atoms with Gasteiger partial charge in [0, 0.05) is 18.4 Å². The van der Waals surface area contributed by atoms with Gasteiger partial charge in [-0.25, -0.2) is 4.98 Å². The smallest absolute Gasteiger partial charge is 0.242 e. The Hall–Kier alpha value is -1.92. The minimum Gasteiger partial charge on any atom is -0.309 e. The number of halogens is 1. The molecule has 118 valence electrons. The summed E-state index contributed by atoms with van der Waals surface area (Å²) in [6.07, 6.45) is 5.29. The standard InChI is InChI=1S/C15H20ClN5O/c1-10-6-18-21(8-10)9-11(2)19-12(3)15(22)20-14-5-4-13(16)7-17-14/h4-8,11-12,19H,9H2,1-3H3,(H,17,20,22)/t11-,12+/m1/s1. The lowest BCUT2D eigenvalue weighted by Gasteiger charge is -2.19. The van der Waals surface area contributed by atoms with Gasteiger partial charge in [0.25, 0.3) is 0 Å². The summed E-state index contributed by atoms with van der Waals surface area (Å²) >= 11 is 5.76. The molecule has 1 amide bonds. The molecule has 0 fully saturated rings. The molecule has 0 spiro atoms. The minimum absolute atomic E-state index is 0.109. The molecule has 2 N–H and O–H groups in total. The maximum Gasteiger partial charge on any atom is 0.242 e. The summed E-state index contributed by atoms with van der Waals surface area (Å²) < 4.78 is 1.86. The van der Waals surface area contributed by atoms with E-state index in [2.05, 4.69) is 20.7 Å². The van der Waals surface area contributed by atoms with E-state index < -0.39 is 0 Å². The second-order valence-corrected chi connectivity index (χ2v) is 5.82. The topological polar surface area (TPSA) is 71.8 Å². The van der Waals surface area contributed by atoms with E-state index in [9.17, 15) is 4.79 Å². The Morgan fingerprint density at radius 2 is 2.14 bits per heavy atom. The molecule has 22 heavy (non-hydrogen) atoms. The van der Waals surface area contributed by atoms with Crippen molar-refractivity contribution in [2.45, 2.75) is 39.4 Å². The molecule has 2 atom stereocenters. The fraction of sp³-hybridized carbons (Fsp3) is 0.400. The predicted molar refractivity (Wildman–Crippen MR) is 86.9 cm³/mol. The van der Waals surface area contributed by atoms with Gasteiger partial charge in [0.1, 0.15) is 5.82 Å². The second-order valence-electron chi connectivity index (χ2n) is 5.38. The van der Waals surface area contributed by atoms with Crippen LogP contribution in [-0.2, 0) is 11.3 Å². The zero-order valence-corrected chi connectivity index (χ0v) is 13.6. The molecule has 7 heteroatoms. The minimum atomic E-state index is -0.343. The van der Waals surface area contributed by atoms with Gasteiger partial charge in [0.2, 0.25) is 5.91 Å². The van der Waals surface area contributed by atoms with Gasteiger partial charge < -0.3 is 10.6 Å². The normalized spacial score (nSPS) is 13.6. The van der Waals surface area contributed by atoms with Crippen LogP contribution < -0.4 is 10.6 Å². The lowest BCUT2D eigenvalue weighted by atomic mass is 10.2. The van der Waals surface area contributed by atoms with Gasteiger partial charge in [0.15, 0.2) is 0 Å². The van der Waals surface area contributed by atoms with Crippen molar-refractivity contribution in [2.24, 2.45) is 0 Å². The first-order valence-electron chi connectivity index (χ1n) is 7.11. The van der Waals surface area contributed by atoms with Crippen molar-refractivity contribution in [1.29, 1.82) is 0 Å². The summed E-state index contributed by atoms with van der Waals surface area (Å²) in [4.78, 5) is 16.2. The molecule has 2 rings (SSSR count). The van der Waals surface area contributed by atoms with Crippen molar-refractivity contribution >= 4 is 23.3 Å². The highest BCUT2D eigenvalue weighted by Crippen LogP contribution is 2.09. The van der Waals surface area contributed by atoms with Crippen LogP contribution in [0.2, 0.25) is 5.02 Å². The van der Waals surface area contributed by atoms with Crippen LogP contribution in [0.1, 0.15) is 19.4 Å².